The number of rotatable bonds is 6. The first kappa shape index (κ1) is 20.1. The molecule has 0 aliphatic rings. The Labute approximate surface area is 164 Å². The van der Waals surface area contributed by atoms with Crippen LogP contribution in [-0.2, 0) is 10.9 Å². The number of esters is 1. The minimum absolute atomic E-state index is 0.103. The molecule has 0 spiro atoms. The number of ether oxygens (including phenoxy) is 1. The van der Waals surface area contributed by atoms with E-state index in [4.69, 9.17) is 4.74 Å². The van der Waals surface area contributed by atoms with Crippen molar-refractivity contribution >= 4 is 23.1 Å². The van der Waals surface area contributed by atoms with E-state index < -0.39 is 24.3 Å². The monoisotopic (exact) mass is 399 g/mol. The van der Waals surface area contributed by atoms with Crippen molar-refractivity contribution in [2.75, 3.05) is 11.9 Å². The number of carbonyl (C=O) groups is 2. The molecule has 0 aliphatic heterocycles. The van der Waals surface area contributed by atoms with Crippen LogP contribution in [-0.4, -0.2) is 18.4 Å². The van der Waals surface area contributed by atoms with Gasteiger partial charge in [0.05, 0.1) is 16.8 Å². The van der Waals surface area contributed by atoms with E-state index in [-0.39, 0.29) is 22.7 Å². The van der Waals surface area contributed by atoms with Gasteiger partial charge in [0.15, 0.2) is 12.4 Å². The predicted molar refractivity (Wildman–Crippen MR) is 102 cm³/mol. The molecule has 0 amide bonds. The van der Waals surface area contributed by atoms with Crippen molar-refractivity contribution in [3.63, 3.8) is 0 Å². The Balaban J connectivity index is 1.73. The molecule has 148 valence electrons. The Hall–Kier alpha value is -3.61. The zero-order chi connectivity index (χ0) is 20.9. The maximum Gasteiger partial charge on any atom is 0.416 e. The van der Waals surface area contributed by atoms with Crippen LogP contribution in [0.4, 0.5) is 24.5 Å². The summed E-state index contributed by atoms with van der Waals surface area (Å²) in [5.74, 6) is -1.12. The van der Waals surface area contributed by atoms with Crippen molar-refractivity contribution in [3.8, 4) is 0 Å². The summed E-state index contributed by atoms with van der Waals surface area (Å²) in [6.45, 7) is -0.444. The number of hydrogen-bond donors (Lipinski definition) is 1. The van der Waals surface area contributed by atoms with Crippen molar-refractivity contribution in [2.24, 2.45) is 0 Å². The molecule has 0 aliphatic carbocycles. The van der Waals surface area contributed by atoms with E-state index in [0.29, 0.717) is 5.56 Å². The summed E-state index contributed by atoms with van der Waals surface area (Å²) >= 11 is 0. The van der Waals surface area contributed by atoms with Crippen LogP contribution in [0, 0.1) is 0 Å². The quantitative estimate of drug-likeness (QED) is 0.440. The van der Waals surface area contributed by atoms with E-state index in [1.165, 1.54) is 24.3 Å². The lowest BCUT2D eigenvalue weighted by Crippen LogP contribution is -2.15. The number of Topliss-reactive ketones (excluding diaryl/α,β-unsaturated/α-hetero) is 1. The van der Waals surface area contributed by atoms with E-state index in [2.05, 4.69) is 5.32 Å². The number of halogens is 3. The first-order valence-corrected chi connectivity index (χ1v) is 8.63. The van der Waals surface area contributed by atoms with Crippen LogP contribution in [0.5, 0.6) is 0 Å². The van der Waals surface area contributed by atoms with Crippen molar-refractivity contribution in [1.82, 2.24) is 0 Å². The van der Waals surface area contributed by atoms with Gasteiger partial charge in [-0.1, -0.05) is 48.5 Å². The van der Waals surface area contributed by atoms with Gasteiger partial charge in [-0.3, -0.25) is 4.79 Å². The predicted octanol–water partition coefficient (Wildman–Crippen LogP) is 5.49. The number of carbonyl (C=O) groups excluding carboxylic acids is 2. The van der Waals surface area contributed by atoms with Crippen LogP contribution in [0.1, 0.15) is 26.3 Å². The first-order valence-electron chi connectivity index (χ1n) is 8.63. The van der Waals surface area contributed by atoms with Crippen LogP contribution < -0.4 is 5.32 Å². The number of alkyl halides is 3. The Morgan fingerprint density at radius 1 is 0.862 bits per heavy atom. The third-order valence-electron chi connectivity index (χ3n) is 4.05. The van der Waals surface area contributed by atoms with Gasteiger partial charge in [0.1, 0.15) is 0 Å². The fourth-order valence-electron chi connectivity index (χ4n) is 2.62. The smallest absolute Gasteiger partial charge is 0.416 e. The molecule has 0 saturated heterocycles. The SMILES string of the molecule is O=C(COC(=O)c1ccccc1Nc1cccc(C(F)(F)F)c1)c1ccccc1. The highest BCUT2D eigenvalue weighted by molar-refractivity contribution is 6.01. The molecule has 7 heteroatoms. The second-order valence-electron chi connectivity index (χ2n) is 6.11. The molecule has 1 N–H and O–H groups in total. The first-order chi connectivity index (χ1) is 13.8. The second kappa shape index (κ2) is 8.60. The fourth-order valence-corrected chi connectivity index (χ4v) is 2.62. The van der Waals surface area contributed by atoms with Gasteiger partial charge < -0.3 is 10.1 Å². The Morgan fingerprint density at radius 3 is 2.28 bits per heavy atom. The normalized spacial score (nSPS) is 11.0. The van der Waals surface area contributed by atoms with E-state index in [9.17, 15) is 22.8 Å². The molecule has 4 nitrogen and oxygen atoms in total. The Bertz CT molecular complexity index is 1020. The van der Waals surface area contributed by atoms with E-state index >= 15 is 0 Å². The maximum atomic E-state index is 12.9. The average molecular weight is 399 g/mol. The summed E-state index contributed by atoms with van der Waals surface area (Å²) in [4.78, 5) is 24.5. The molecule has 3 aromatic carbocycles. The summed E-state index contributed by atoms with van der Waals surface area (Å²) in [7, 11) is 0. The fraction of sp³-hybridized carbons (Fsp3) is 0.0909. The van der Waals surface area contributed by atoms with Gasteiger partial charge in [0.25, 0.3) is 0 Å². The minimum atomic E-state index is -4.48. The van der Waals surface area contributed by atoms with E-state index in [1.807, 2.05) is 0 Å². The standard InChI is InChI=1S/C22H16F3NO3/c23-22(24,25)16-9-6-10-17(13-16)26-19-12-5-4-11-18(19)21(28)29-14-20(27)15-7-2-1-3-8-15/h1-13,26H,14H2. The van der Waals surface area contributed by atoms with Gasteiger partial charge in [-0.15, -0.1) is 0 Å². The minimum Gasteiger partial charge on any atom is -0.454 e. The van der Waals surface area contributed by atoms with Gasteiger partial charge in [-0.05, 0) is 30.3 Å². The van der Waals surface area contributed by atoms with E-state index in [1.54, 1.807) is 42.5 Å². The average Bonchev–Trinajstić information content (AvgIpc) is 2.72. The van der Waals surface area contributed by atoms with Crippen molar-refractivity contribution in [1.29, 1.82) is 0 Å². The number of para-hydroxylation sites is 1. The summed E-state index contributed by atoms with van der Waals surface area (Å²) < 4.78 is 43.8. The van der Waals surface area contributed by atoms with E-state index in [0.717, 1.165) is 12.1 Å². The summed E-state index contributed by atoms with van der Waals surface area (Å²) in [6, 6.07) is 19.2. The van der Waals surface area contributed by atoms with Crippen LogP contribution in [0.2, 0.25) is 0 Å². The van der Waals surface area contributed by atoms with Gasteiger partial charge in [-0.2, -0.15) is 13.2 Å². The number of nitrogens with one attached hydrogen (secondary N) is 1. The van der Waals surface area contributed by atoms with Crippen LogP contribution >= 0.6 is 0 Å². The molecule has 3 rings (SSSR count). The lowest BCUT2D eigenvalue weighted by molar-refractivity contribution is -0.137. The molecule has 0 radical (unpaired) electrons. The highest BCUT2D eigenvalue weighted by Gasteiger charge is 2.30. The van der Waals surface area contributed by atoms with Gasteiger partial charge >= 0.3 is 12.1 Å². The number of anilines is 2. The van der Waals surface area contributed by atoms with Gasteiger partial charge in [-0.25, -0.2) is 4.79 Å². The number of ketones is 1. The molecule has 0 atom stereocenters. The molecule has 3 aromatic rings. The Kier molecular flexibility index (Phi) is 5.97. The summed E-state index contributed by atoms with van der Waals surface area (Å²) in [6.07, 6.45) is -4.48. The zero-order valence-electron chi connectivity index (χ0n) is 15.1. The molecule has 0 bridgehead atoms. The number of benzene rings is 3. The highest BCUT2D eigenvalue weighted by atomic mass is 19.4. The second-order valence-corrected chi connectivity index (χ2v) is 6.11. The molecule has 0 saturated carbocycles. The van der Waals surface area contributed by atoms with Crippen molar-refractivity contribution in [2.45, 2.75) is 6.18 Å². The molecule has 29 heavy (non-hydrogen) atoms. The largest absolute Gasteiger partial charge is 0.454 e. The lowest BCUT2D eigenvalue weighted by Gasteiger charge is -2.13. The molecule has 0 aromatic heterocycles. The molecular formula is C22H16F3NO3. The molecule has 0 heterocycles. The lowest BCUT2D eigenvalue weighted by atomic mass is 10.1. The third-order valence-corrected chi connectivity index (χ3v) is 4.05. The number of hydrogen-bond acceptors (Lipinski definition) is 4. The molecule has 0 fully saturated rings. The van der Waals surface area contributed by atoms with Gasteiger partial charge in [0.2, 0.25) is 0 Å². The van der Waals surface area contributed by atoms with Crippen LogP contribution in [0.15, 0.2) is 78.9 Å². The topological polar surface area (TPSA) is 55.4 Å². The summed E-state index contributed by atoms with van der Waals surface area (Å²) in [5, 5.41) is 2.80. The third kappa shape index (κ3) is 5.22. The van der Waals surface area contributed by atoms with Crippen molar-refractivity contribution < 1.29 is 27.5 Å². The van der Waals surface area contributed by atoms with Gasteiger partial charge in [0, 0.05) is 11.3 Å². The van der Waals surface area contributed by atoms with Crippen LogP contribution in [0.3, 0.4) is 0 Å². The summed E-state index contributed by atoms with van der Waals surface area (Å²) in [5.41, 5.74) is 0.141. The van der Waals surface area contributed by atoms with Crippen molar-refractivity contribution in [3.05, 3.63) is 95.6 Å². The molecule has 0 unspecified atom stereocenters. The highest BCUT2D eigenvalue weighted by Crippen LogP contribution is 2.32. The Morgan fingerprint density at radius 2 is 1.55 bits per heavy atom. The zero-order valence-corrected chi connectivity index (χ0v) is 15.1. The maximum absolute atomic E-state index is 12.9. The van der Waals surface area contributed by atoms with Crippen LogP contribution in [0.25, 0.3) is 0 Å². The molecular weight excluding hydrogens is 383 g/mol.